The summed E-state index contributed by atoms with van der Waals surface area (Å²) in [5.41, 5.74) is 0.858. The quantitative estimate of drug-likeness (QED) is 0.301. The van der Waals surface area contributed by atoms with Crippen LogP contribution in [0.1, 0.15) is 80.1 Å². The zero-order valence-electron chi connectivity index (χ0n) is 26.8. The van der Waals surface area contributed by atoms with E-state index in [-0.39, 0.29) is 48.5 Å². The van der Waals surface area contributed by atoms with Crippen molar-refractivity contribution < 1.29 is 43.2 Å². The van der Waals surface area contributed by atoms with E-state index in [1.165, 1.54) is 7.11 Å². The predicted octanol–water partition coefficient (Wildman–Crippen LogP) is 4.63. The molecule has 0 saturated carbocycles. The van der Waals surface area contributed by atoms with Crippen LogP contribution in [0, 0.1) is 23.7 Å². The third-order valence-corrected chi connectivity index (χ3v) is 8.72. The highest BCUT2D eigenvalue weighted by Gasteiger charge is 2.46. The summed E-state index contributed by atoms with van der Waals surface area (Å²) in [5.74, 6) is -0.371. The molecular weight excluding hydrogens is 540 g/mol. The van der Waals surface area contributed by atoms with Crippen molar-refractivity contribution in [2.75, 3.05) is 20.8 Å². The average molecular weight is 595 g/mol. The van der Waals surface area contributed by atoms with Crippen LogP contribution in [0.2, 0.25) is 0 Å². The zero-order valence-corrected chi connectivity index (χ0v) is 26.8. The molecule has 240 valence electrons. The number of ether oxygens (including phenoxy) is 5. The maximum absolute atomic E-state index is 13.0. The van der Waals surface area contributed by atoms with Crippen molar-refractivity contribution in [3.05, 3.63) is 23.8 Å². The van der Waals surface area contributed by atoms with Gasteiger partial charge in [-0.25, -0.2) is 0 Å². The molecule has 2 aliphatic heterocycles. The number of rotatable bonds is 9. The molecule has 42 heavy (non-hydrogen) atoms. The van der Waals surface area contributed by atoms with Gasteiger partial charge in [-0.2, -0.15) is 0 Å². The minimum atomic E-state index is -0.832. The number of aldehydes is 1. The molecule has 0 aromatic heterocycles. The Morgan fingerprint density at radius 1 is 1.10 bits per heavy atom. The number of esters is 1. The molecule has 2 heterocycles. The molecule has 1 saturated heterocycles. The summed E-state index contributed by atoms with van der Waals surface area (Å²) in [5, 5.41) is 10.5. The van der Waals surface area contributed by atoms with Crippen molar-refractivity contribution in [1.29, 1.82) is 0 Å². The van der Waals surface area contributed by atoms with Crippen molar-refractivity contribution in [2.24, 2.45) is 23.7 Å². The first-order valence-electron chi connectivity index (χ1n) is 15.5. The van der Waals surface area contributed by atoms with E-state index in [2.05, 4.69) is 6.92 Å². The Morgan fingerprint density at radius 2 is 1.79 bits per heavy atom. The van der Waals surface area contributed by atoms with E-state index in [9.17, 15) is 19.5 Å². The number of cyclic esters (lactones) is 1. The van der Waals surface area contributed by atoms with Crippen LogP contribution in [-0.2, 0) is 38.1 Å². The molecule has 11 unspecified atom stereocenters. The summed E-state index contributed by atoms with van der Waals surface area (Å²) in [7, 11) is 3.09. The Labute approximate surface area is 252 Å². The molecule has 0 aromatic carbocycles. The van der Waals surface area contributed by atoms with Gasteiger partial charge in [-0.15, -0.1) is 0 Å². The molecule has 0 amide bonds. The average Bonchev–Trinajstić information content (AvgIpc) is 2.96. The molecule has 0 aliphatic carbocycles. The normalized spacial score (nSPS) is 36.6. The van der Waals surface area contributed by atoms with Gasteiger partial charge in [0.2, 0.25) is 0 Å². The molecule has 0 spiro atoms. The smallest absolute Gasteiger partial charge is 0.306 e. The molecule has 11 atom stereocenters. The first kappa shape index (κ1) is 36.3. The van der Waals surface area contributed by atoms with Gasteiger partial charge >= 0.3 is 5.97 Å². The molecule has 2 aliphatic rings. The Morgan fingerprint density at radius 3 is 2.40 bits per heavy atom. The van der Waals surface area contributed by atoms with Gasteiger partial charge in [0.25, 0.3) is 0 Å². The summed E-state index contributed by atoms with van der Waals surface area (Å²) < 4.78 is 29.6. The van der Waals surface area contributed by atoms with E-state index in [0.717, 1.165) is 18.3 Å². The molecule has 9 heteroatoms. The highest BCUT2D eigenvalue weighted by molar-refractivity contribution is 5.91. The van der Waals surface area contributed by atoms with E-state index in [1.807, 2.05) is 33.8 Å². The second-order valence-corrected chi connectivity index (χ2v) is 12.3. The fourth-order valence-electron chi connectivity index (χ4n) is 6.16. The minimum absolute atomic E-state index is 0.0300. The lowest BCUT2D eigenvalue weighted by Crippen LogP contribution is -2.61. The second kappa shape index (κ2) is 18.0. The topological polar surface area (TPSA) is 118 Å². The molecule has 9 nitrogen and oxygen atoms in total. The number of aliphatic hydroxyl groups excluding tert-OH is 1. The predicted molar refractivity (Wildman–Crippen MR) is 160 cm³/mol. The third-order valence-electron chi connectivity index (χ3n) is 8.72. The monoisotopic (exact) mass is 594 g/mol. The largest absolute Gasteiger partial charge is 0.462 e. The van der Waals surface area contributed by atoms with Gasteiger partial charge in [0.1, 0.15) is 36.8 Å². The fourth-order valence-corrected chi connectivity index (χ4v) is 6.16. The van der Waals surface area contributed by atoms with E-state index in [4.69, 9.17) is 23.7 Å². The number of hydrogen-bond acceptors (Lipinski definition) is 9. The van der Waals surface area contributed by atoms with Crippen LogP contribution in [0.4, 0.5) is 0 Å². The fraction of sp³-hybridized carbons (Fsp3) is 0.788. The van der Waals surface area contributed by atoms with Crippen LogP contribution in [0.15, 0.2) is 23.8 Å². The van der Waals surface area contributed by atoms with Crippen LogP contribution in [0.25, 0.3) is 0 Å². The maximum Gasteiger partial charge on any atom is 0.306 e. The van der Waals surface area contributed by atoms with Crippen LogP contribution in [-0.4, -0.2) is 86.7 Å². The zero-order chi connectivity index (χ0) is 31.4. The minimum Gasteiger partial charge on any atom is -0.462 e. The number of allylic oxidation sites excluding steroid dienone is 3. The molecule has 2 rings (SSSR count). The molecular formula is C33H54O9. The van der Waals surface area contributed by atoms with Crippen molar-refractivity contribution in [1.82, 2.24) is 0 Å². The molecule has 1 fully saturated rings. The first-order chi connectivity index (χ1) is 19.9. The number of aliphatic hydroxyl groups is 1. The summed E-state index contributed by atoms with van der Waals surface area (Å²) >= 11 is 0. The van der Waals surface area contributed by atoms with Gasteiger partial charge in [0, 0.05) is 38.9 Å². The van der Waals surface area contributed by atoms with E-state index >= 15 is 0 Å². The van der Waals surface area contributed by atoms with E-state index in [0.29, 0.717) is 25.7 Å². The molecule has 1 N–H and O–H groups in total. The SMILES string of the molecule is CCC1OC(=O)CCC(C)CC(CC=O)CC(C)C(=O)C=CC(C)=CC1COC(C)C1OC(C)C(O)C(OC)C1OC. The summed E-state index contributed by atoms with van der Waals surface area (Å²) in [6.07, 6.45) is 5.96. The second-order valence-electron chi connectivity index (χ2n) is 12.3. The van der Waals surface area contributed by atoms with Crippen LogP contribution >= 0.6 is 0 Å². The van der Waals surface area contributed by atoms with Crippen LogP contribution in [0.5, 0.6) is 0 Å². The van der Waals surface area contributed by atoms with E-state index in [1.54, 1.807) is 26.2 Å². The van der Waals surface area contributed by atoms with Crippen molar-refractivity contribution in [2.45, 2.75) is 123 Å². The molecule has 0 bridgehead atoms. The lowest BCUT2D eigenvalue weighted by Gasteiger charge is -2.44. The summed E-state index contributed by atoms with van der Waals surface area (Å²) in [6.45, 7) is 11.8. The summed E-state index contributed by atoms with van der Waals surface area (Å²) in [6, 6.07) is 0. The Bertz CT molecular complexity index is 915. The number of ketones is 1. The maximum atomic E-state index is 13.0. The summed E-state index contributed by atoms with van der Waals surface area (Å²) in [4.78, 5) is 37.2. The highest BCUT2D eigenvalue weighted by atomic mass is 16.6. The van der Waals surface area contributed by atoms with Crippen LogP contribution in [0.3, 0.4) is 0 Å². The Balaban J connectivity index is 2.29. The number of carbonyl (C=O) groups is 3. The number of hydrogen-bond donors (Lipinski definition) is 1. The van der Waals surface area contributed by atoms with E-state index < -0.39 is 42.7 Å². The lowest BCUT2D eigenvalue weighted by molar-refractivity contribution is -0.254. The number of methoxy groups -OCH3 is 2. The number of carbonyl (C=O) groups excluding carboxylic acids is 3. The Kier molecular flexibility index (Phi) is 15.6. The van der Waals surface area contributed by atoms with Gasteiger partial charge in [-0.1, -0.05) is 38.5 Å². The first-order valence-corrected chi connectivity index (χ1v) is 15.5. The van der Waals surface area contributed by atoms with Gasteiger partial charge in [-0.05, 0) is 64.4 Å². The van der Waals surface area contributed by atoms with Crippen molar-refractivity contribution >= 4 is 18.0 Å². The van der Waals surface area contributed by atoms with Gasteiger partial charge < -0.3 is 33.6 Å². The van der Waals surface area contributed by atoms with Gasteiger partial charge in [0.15, 0.2) is 5.78 Å². The van der Waals surface area contributed by atoms with Gasteiger partial charge in [-0.3, -0.25) is 9.59 Å². The van der Waals surface area contributed by atoms with Crippen molar-refractivity contribution in [3.63, 3.8) is 0 Å². The molecule has 0 aromatic rings. The lowest BCUT2D eigenvalue weighted by atomic mass is 9.83. The van der Waals surface area contributed by atoms with Gasteiger partial charge in [0.05, 0.1) is 18.8 Å². The Hall–Kier alpha value is -1.91. The third kappa shape index (κ3) is 10.7. The standard InChI is InChI=1S/C33H54O9/c1-9-28-26(19-40-24(6)31-33(39-8)32(38-7)30(37)23(5)41-31)17-21(3)10-12-27(35)22(4)18-25(14-15-34)16-20(2)11-13-29(36)42-28/h10,12,15,17,20,22-26,28,30-33,37H,9,11,13-14,16,18-19H2,1-8H3. The van der Waals surface area contributed by atoms with Crippen LogP contribution < -0.4 is 0 Å². The molecule has 0 radical (unpaired) electrons. The van der Waals surface area contributed by atoms with Crippen molar-refractivity contribution in [3.8, 4) is 0 Å². The highest BCUT2D eigenvalue weighted by Crippen LogP contribution is 2.30.